The molecule has 0 aliphatic rings. The molecule has 0 amide bonds. The van der Waals surface area contributed by atoms with Gasteiger partial charge in [-0.15, -0.1) is 11.3 Å². The van der Waals surface area contributed by atoms with E-state index < -0.39 is 0 Å². The van der Waals surface area contributed by atoms with E-state index in [1.54, 1.807) is 11.3 Å². The van der Waals surface area contributed by atoms with E-state index in [0.717, 1.165) is 21.1 Å². The highest BCUT2D eigenvalue weighted by atomic mass is 32.1. The van der Waals surface area contributed by atoms with E-state index in [9.17, 15) is 9.59 Å². The Morgan fingerprint density at radius 1 is 0.857 bits per heavy atom. The van der Waals surface area contributed by atoms with Crippen molar-refractivity contribution in [2.24, 2.45) is 0 Å². The molecule has 3 rings (SSSR count). The Labute approximate surface area is 124 Å². The molecule has 21 heavy (non-hydrogen) atoms. The Morgan fingerprint density at radius 3 is 1.71 bits per heavy atom. The van der Waals surface area contributed by atoms with Crippen LogP contribution in [0.3, 0.4) is 0 Å². The number of hydrogen-bond donors (Lipinski definition) is 4. The lowest BCUT2D eigenvalue weighted by Gasteiger charge is -2.13. The van der Waals surface area contributed by atoms with E-state index >= 15 is 0 Å². The van der Waals surface area contributed by atoms with Gasteiger partial charge in [0.25, 0.3) is 11.1 Å². The molecule has 3 aromatic rings. The topological polar surface area (TPSA) is 97.3 Å². The van der Waals surface area contributed by atoms with Crippen LogP contribution in [-0.2, 0) is 0 Å². The Morgan fingerprint density at radius 2 is 1.38 bits per heavy atom. The minimum Gasteiger partial charge on any atom is -0.302 e. The van der Waals surface area contributed by atoms with Gasteiger partial charge in [0.2, 0.25) is 0 Å². The molecule has 7 heteroatoms. The maximum Gasteiger partial charge on any atom is 0.268 e. The van der Waals surface area contributed by atoms with Gasteiger partial charge in [0.1, 0.15) is 0 Å². The first-order valence-corrected chi connectivity index (χ1v) is 7.41. The number of aryl methyl sites for hydroxylation is 3. The fourth-order valence-electron chi connectivity index (χ4n) is 2.64. The van der Waals surface area contributed by atoms with Crippen LogP contribution in [-0.4, -0.2) is 20.4 Å². The number of aromatic amines is 4. The number of H-pyrrole nitrogens is 4. The third-order valence-electron chi connectivity index (χ3n) is 3.65. The van der Waals surface area contributed by atoms with Crippen LogP contribution in [0.4, 0.5) is 0 Å². The lowest BCUT2D eigenvalue weighted by molar-refractivity contribution is 0.953. The van der Waals surface area contributed by atoms with E-state index in [1.807, 2.05) is 32.9 Å². The van der Waals surface area contributed by atoms with Crippen LogP contribution in [0.1, 0.15) is 38.2 Å². The van der Waals surface area contributed by atoms with Crippen LogP contribution in [0.2, 0.25) is 0 Å². The van der Waals surface area contributed by atoms with E-state index in [0.29, 0.717) is 11.1 Å². The van der Waals surface area contributed by atoms with Crippen LogP contribution < -0.4 is 11.1 Å². The number of hydrogen-bond acceptors (Lipinski definition) is 3. The summed E-state index contributed by atoms with van der Waals surface area (Å²) in [5.74, 6) is -0.367. The van der Waals surface area contributed by atoms with Gasteiger partial charge in [-0.2, -0.15) is 0 Å². The number of nitrogens with one attached hydrogen (secondary N) is 4. The molecular formula is C14H16N4O2S. The smallest absolute Gasteiger partial charge is 0.268 e. The summed E-state index contributed by atoms with van der Waals surface area (Å²) in [7, 11) is 0. The van der Waals surface area contributed by atoms with Crippen molar-refractivity contribution < 1.29 is 0 Å². The molecule has 0 aliphatic carbocycles. The fraction of sp³-hybridized carbons (Fsp3) is 0.286. The van der Waals surface area contributed by atoms with Crippen LogP contribution in [0, 0.1) is 20.8 Å². The molecule has 4 N–H and O–H groups in total. The first-order valence-electron chi connectivity index (χ1n) is 6.59. The summed E-state index contributed by atoms with van der Waals surface area (Å²) in [5, 5.41) is 10.9. The molecule has 0 spiro atoms. The summed E-state index contributed by atoms with van der Waals surface area (Å²) in [4.78, 5) is 26.5. The normalized spacial score (nSPS) is 11.4. The molecule has 0 saturated heterocycles. The minimum atomic E-state index is -0.367. The molecule has 3 heterocycles. The van der Waals surface area contributed by atoms with Gasteiger partial charge < -0.3 is 10.2 Å². The summed E-state index contributed by atoms with van der Waals surface area (Å²) >= 11 is 1.59. The summed E-state index contributed by atoms with van der Waals surface area (Å²) in [6.45, 7) is 5.67. The molecule has 0 fully saturated rings. The van der Waals surface area contributed by atoms with Gasteiger partial charge in [0.15, 0.2) is 0 Å². The van der Waals surface area contributed by atoms with Gasteiger partial charge in [-0.1, -0.05) is 0 Å². The van der Waals surface area contributed by atoms with Gasteiger partial charge >= 0.3 is 0 Å². The molecule has 0 bridgehead atoms. The van der Waals surface area contributed by atoms with E-state index in [2.05, 4.69) is 20.4 Å². The van der Waals surface area contributed by atoms with E-state index in [-0.39, 0.29) is 17.0 Å². The predicted octanol–water partition coefficient (Wildman–Crippen LogP) is 1.89. The Balaban J connectivity index is 2.31. The maximum absolute atomic E-state index is 12.2. The predicted molar refractivity (Wildman–Crippen MR) is 82.3 cm³/mol. The van der Waals surface area contributed by atoms with Crippen LogP contribution in [0.15, 0.2) is 21.7 Å². The molecule has 6 nitrogen and oxygen atoms in total. The quantitative estimate of drug-likeness (QED) is 0.594. The van der Waals surface area contributed by atoms with Crippen molar-refractivity contribution in [2.45, 2.75) is 26.7 Å². The van der Waals surface area contributed by atoms with E-state index in [1.165, 1.54) is 0 Å². The van der Waals surface area contributed by atoms with Crippen molar-refractivity contribution in [1.82, 2.24) is 20.4 Å². The zero-order chi connectivity index (χ0) is 15.1. The van der Waals surface area contributed by atoms with E-state index in [4.69, 9.17) is 0 Å². The third kappa shape index (κ3) is 2.19. The van der Waals surface area contributed by atoms with Crippen molar-refractivity contribution in [2.75, 3.05) is 0 Å². The summed E-state index contributed by atoms with van der Waals surface area (Å²) in [5.41, 5.74) is 2.29. The molecule has 0 saturated carbocycles. The Kier molecular flexibility index (Phi) is 3.21. The summed E-state index contributed by atoms with van der Waals surface area (Å²) in [6, 6.07) is 3.97. The number of rotatable bonds is 3. The average molecular weight is 304 g/mol. The highest BCUT2D eigenvalue weighted by molar-refractivity contribution is 7.12. The molecule has 0 aromatic carbocycles. The first-order chi connectivity index (χ1) is 9.99. The van der Waals surface area contributed by atoms with Gasteiger partial charge in [-0.05, 0) is 32.9 Å². The summed E-state index contributed by atoms with van der Waals surface area (Å²) < 4.78 is 0. The first kappa shape index (κ1) is 13.7. The van der Waals surface area contributed by atoms with Crippen LogP contribution in [0.25, 0.3) is 0 Å². The second-order valence-corrected chi connectivity index (χ2v) is 6.44. The molecule has 0 radical (unpaired) electrons. The SMILES string of the molecule is Cc1ccc(C(c2c(C)[nH][nH]c2=O)c2c(C)[nH][nH]c2=O)s1. The Bertz CT molecular complexity index is 838. The van der Waals surface area contributed by atoms with Crippen molar-refractivity contribution >= 4 is 11.3 Å². The highest BCUT2D eigenvalue weighted by Gasteiger charge is 2.28. The monoisotopic (exact) mass is 304 g/mol. The molecule has 0 atom stereocenters. The van der Waals surface area contributed by atoms with Crippen LogP contribution in [0.5, 0.6) is 0 Å². The number of thiophene rings is 1. The van der Waals surface area contributed by atoms with Crippen molar-refractivity contribution in [3.8, 4) is 0 Å². The fourth-order valence-corrected chi connectivity index (χ4v) is 3.64. The largest absolute Gasteiger partial charge is 0.302 e. The molecular weight excluding hydrogens is 288 g/mol. The van der Waals surface area contributed by atoms with Gasteiger partial charge in [-0.3, -0.25) is 19.8 Å². The minimum absolute atomic E-state index is 0.191. The lowest BCUT2D eigenvalue weighted by atomic mass is 9.90. The Hall–Kier alpha value is -2.28. The van der Waals surface area contributed by atoms with Crippen LogP contribution >= 0.6 is 11.3 Å². The zero-order valence-corrected chi connectivity index (χ0v) is 12.8. The van der Waals surface area contributed by atoms with Crippen molar-refractivity contribution in [1.29, 1.82) is 0 Å². The lowest BCUT2D eigenvalue weighted by Crippen LogP contribution is -2.19. The summed E-state index contributed by atoms with van der Waals surface area (Å²) in [6.07, 6.45) is 0. The van der Waals surface area contributed by atoms with Gasteiger partial charge in [0.05, 0.1) is 17.0 Å². The van der Waals surface area contributed by atoms with Gasteiger partial charge in [-0.25, -0.2) is 0 Å². The molecule has 0 unspecified atom stereocenters. The number of aromatic nitrogens is 4. The second kappa shape index (κ2) is 4.92. The molecule has 3 aromatic heterocycles. The third-order valence-corrected chi connectivity index (χ3v) is 4.71. The van der Waals surface area contributed by atoms with Gasteiger partial charge in [0, 0.05) is 21.1 Å². The standard InChI is InChI=1S/C14H16N4O2S/c1-6-4-5-9(21-6)12(10-7(2)15-17-13(10)19)11-8(3)16-18-14(11)20/h4-5,12H,1-3H3,(H2,15,17,19)(H2,16,18,20). The highest BCUT2D eigenvalue weighted by Crippen LogP contribution is 2.34. The average Bonchev–Trinajstić information content (AvgIpc) is 3.09. The molecule has 0 aliphatic heterocycles. The second-order valence-electron chi connectivity index (χ2n) is 5.12. The zero-order valence-electron chi connectivity index (χ0n) is 12.0. The maximum atomic E-state index is 12.2. The molecule has 110 valence electrons. The van der Waals surface area contributed by atoms with Crippen molar-refractivity contribution in [3.05, 3.63) is 65.1 Å². The van der Waals surface area contributed by atoms with Crippen molar-refractivity contribution in [3.63, 3.8) is 0 Å².